The van der Waals surface area contributed by atoms with E-state index < -0.39 is 39.2 Å². The standard InChI is InChI=1S/C19H20BrFN2O5S/c1-3-23(4-2)29(26,27)17-10-13(8-9-16(17)21)19(25)28-12-18(24)22-15-7-5-6-14(20)11-15/h5-11H,3-4,12H2,1-2H3,(H,22,24). The number of rotatable bonds is 8. The number of anilines is 1. The van der Waals surface area contributed by atoms with Crippen LogP contribution in [0.5, 0.6) is 0 Å². The molecule has 1 amide bonds. The highest BCUT2D eigenvalue weighted by molar-refractivity contribution is 9.10. The average Bonchev–Trinajstić information content (AvgIpc) is 2.67. The zero-order chi connectivity index (χ0) is 21.6. The van der Waals surface area contributed by atoms with E-state index in [1.165, 1.54) is 0 Å². The number of nitrogens with zero attached hydrogens (tertiary/aromatic N) is 1. The highest BCUT2D eigenvalue weighted by Crippen LogP contribution is 2.21. The fourth-order valence-electron chi connectivity index (χ4n) is 2.51. The summed E-state index contributed by atoms with van der Waals surface area (Å²) in [6, 6.07) is 9.74. The zero-order valence-corrected chi connectivity index (χ0v) is 18.2. The van der Waals surface area contributed by atoms with E-state index in [1.54, 1.807) is 38.1 Å². The lowest BCUT2D eigenvalue weighted by Gasteiger charge is -2.19. The van der Waals surface area contributed by atoms with Crippen LogP contribution in [0.1, 0.15) is 24.2 Å². The van der Waals surface area contributed by atoms with E-state index in [0.29, 0.717) is 5.69 Å². The van der Waals surface area contributed by atoms with Crippen molar-refractivity contribution in [1.82, 2.24) is 4.31 Å². The minimum absolute atomic E-state index is 0.155. The van der Waals surface area contributed by atoms with Gasteiger partial charge >= 0.3 is 5.97 Å². The van der Waals surface area contributed by atoms with Crippen LogP contribution in [0.2, 0.25) is 0 Å². The first-order chi connectivity index (χ1) is 13.7. The molecular weight excluding hydrogens is 467 g/mol. The van der Waals surface area contributed by atoms with Crippen molar-refractivity contribution in [2.75, 3.05) is 25.0 Å². The van der Waals surface area contributed by atoms with E-state index in [2.05, 4.69) is 21.2 Å². The number of amides is 1. The molecule has 0 aliphatic rings. The van der Waals surface area contributed by atoms with E-state index in [1.807, 2.05) is 0 Å². The first-order valence-electron chi connectivity index (χ1n) is 8.71. The number of esters is 1. The molecule has 0 aromatic heterocycles. The minimum atomic E-state index is -4.10. The number of carbonyl (C=O) groups excluding carboxylic acids is 2. The van der Waals surface area contributed by atoms with Gasteiger partial charge in [0.2, 0.25) is 10.0 Å². The quantitative estimate of drug-likeness (QED) is 0.577. The molecule has 2 aromatic rings. The van der Waals surface area contributed by atoms with Gasteiger partial charge in [-0.1, -0.05) is 35.8 Å². The zero-order valence-electron chi connectivity index (χ0n) is 15.8. The molecule has 0 bridgehead atoms. The molecule has 0 fully saturated rings. The van der Waals surface area contributed by atoms with Crippen molar-refractivity contribution >= 4 is 43.5 Å². The molecule has 0 heterocycles. The number of ether oxygens (including phenoxy) is 1. The van der Waals surface area contributed by atoms with E-state index in [9.17, 15) is 22.4 Å². The Morgan fingerprint density at radius 1 is 1.14 bits per heavy atom. The Balaban J connectivity index is 2.10. The van der Waals surface area contributed by atoms with E-state index in [0.717, 1.165) is 27.0 Å². The number of hydrogen-bond acceptors (Lipinski definition) is 5. The van der Waals surface area contributed by atoms with Gasteiger partial charge in [-0.25, -0.2) is 17.6 Å². The summed E-state index contributed by atoms with van der Waals surface area (Å²) < 4.78 is 46.0. The number of halogens is 2. The molecule has 2 aromatic carbocycles. The molecule has 10 heteroatoms. The summed E-state index contributed by atoms with van der Waals surface area (Å²) in [6.07, 6.45) is 0. The Kier molecular flexibility index (Phi) is 7.88. The van der Waals surface area contributed by atoms with Crippen LogP contribution in [-0.2, 0) is 19.6 Å². The summed E-state index contributed by atoms with van der Waals surface area (Å²) in [4.78, 5) is 23.5. The minimum Gasteiger partial charge on any atom is -0.452 e. The van der Waals surface area contributed by atoms with Gasteiger partial charge in [0.25, 0.3) is 5.91 Å². The van der Waals surface area contributed by atoms with Gasteiger partial charge in [-0.3, -0.25) is 4.79 Å². The van der Waals surface area contributed by atoms with Crippen LogP contribution >= 0.6 is 15.9 Å². The van der Waals surface area contributed by atoms with Crippen LogP contribution < -0.4 is 5.32 Å². The molecule has 0 aliphatic carbocycles. The summed E-state index contributed by atoms with van der Waals surface area (Å²) >= 11 is 3.27. The molecule has 0 aliphatic heterocycles. The van der Waals surface area contributed by atoms with Crippen molar-refractivity contribution in [2.45, 2.75) is 18.7 Å². The predicted molar refractivity (Wildman–Crippen MR) is 110 cm³/mol. The second kappa shape index (κ2) is 9.95. The number of nitrogens with one attached hydrogen (secondary N) is 1. The normalized spacial score (nSPS) is 11.3. The van der Waals surface area contributed by atoms with Gasteiger partial charge < -0.3 is 10.1 Å². The van der Waals surface area contributed by atoms with Gasteiger partial charge in [-0.05, 0) is 36.4 Å². The first kappa shape index (κ1) is 23.0. The highest BCUT2D eigenvalue weighted by atomic mass is 79.9. The average molecular weight is 487 g/mol. The van der Waals surface area contributed by atoms with Crippen molar-refractivity contribution < 1.29 is 27.1 Å². The largest absolute Gasteiger partial charge is 0.452 e. The molecule has 0 atom stereocenters. The third-order valence-electron chi connectivity index (χ3n) is 3.93. The highest BCUT2D eigenvalue weighted by Gasteiger charge is 2.26. The lowest BCUT2D eigenvalue weighted by molar-refractivity contribution is -0.119. The molecule has 0 saturated carbocycles. The maximum Gasteiger partial charge on any atom is 0.338 e. The molecule has 0 radical (unpaired) electrons. The summed E-state index contributed by atoms with van der Waals surface area (Å²) in [7, 11) is -4.10. The van der Waals surface area contributed by atoms with Crippen molar-refractivity contribution in [1.29, 1.82) is 0 Å². The fraction of sp³-hybridized carbons (Fsp3) is 0.263. The van der Waals surface area contributed by atoms with Crippen LogP contribution in [0.25, 0.3) is 0 Å². The van der Waals surface area contributed by atoms with Crippen molar-refractivity contribution in [3.8, 4) is 0 Å². The Bertz CT molecular complexity index is 1010. The summed E-state index contributed by atoms with van der Waals surface area (Å²) in [6.45, 7) is 2.98. The molecule has 0 spiro atoms. The third-order valence-corrected chi connectivity index (χ3v) is 6.49. The van der Waals surface area contributed by atoms with E-state index in [4.69, 9.17) is 4.74 Å². The van der Waals surface area contributed by atoms with Crippen LogP contribution in [0, 0.1) is 5.82 Å². The Labute approximate surface area is 177 Å². The predicted octanol–water partition coefficient (Wildman–Crippen LogP) is 3.41. The van der Waals surface area contributed by atoms with E-state index in [-0.39, 0.29) is 18.7 Å². The number of carbonyl (C=O) groups is 2. The van der Waals surface area contributed by atoms with Crippen LogP contribution in [0.3, 0.4) is 0 Å². The van der Waals surface area contributed by atoms with Gasteiger partial charge in [-0.2, -0.15) is 4.31 Å². The molecule has 7 nitrogen and oxygen atoms in total. The first-order valence-corrected chi connectivity index (χ1v) is 10.9. The summed E-state index contributed by atoms with van der Waals surface area (Å²) in [5.41, 5.74) is 0.335. The second-order valence-corrected chi connectivity index (χ2v) is 8.69. The number of benzene rings is 2. The van der Waals surface area contributed by atoms with Gasteiger partial charge in [0.1, 0.15) is 10.7 Å². The number of sulfonamides is 1. The second-order valence-electron chi connectivity index (χ2n) is 5.87. The Morgan fingerprint density at radius 2 is 1.83 bits per heavy atom. The molecular formula is C19H20BrFN2O5S. The molecule has 2 rings (SSSR count). The smallest absolute Gasteiger partial charge is 0.338 e. The molecule has 0 unspecified atom stereocenters. The van der Waals surface area contributed by atoms with E-state index >= 15 is 0 Å². The molecule has 1 N–H and O–H groups in total. The Morgan fingerprint density at radius 3 is 2.45 bits per heavy atom. The Hall–Kier alpha value is -2.30. The van der Waals surface area contributed by atoms with Gasteiger partial charge in [0.15, 0.2) is 6.61 Å². The topological polar surface area (TPSA) is 92.8 Å². The molecule has 0 saturated heterocycles. The lowest BCUT2D eigenvalue weighted by Crippen LogP contribution is -2.31. The summed E-state index contributed by atoms with van der Waals surface area (Å²) in [5.74, 6) is -2.49. The van der Waals surface area contributed by atoms with Crippen LogP contribution in [0.15, 0.2) is 51.8 Å². The third kappa shape index (κ3) is 5.84. The SMILES string of the molecule is CCN(CC)S(=O)(=O)c1cc(C(=O)OCC(=O)Nc2cccc(Br)c2)ccc1F. The maximum absolute atomic E-state index is 14.1. The van der Waals surface area contributed by atoms with Crippen LogP contribution in [0.4, 0.5) is 10.1 Å². The van der Waals surface area contributed by atoms with Crippen LogP contribution in [-0.4, -0.2) is 44.3 Å². The van der Waals surface area contributed by atoms with Gasteiger partial charge in [-0.15, -0.1) is 0 Å². The van der Waals surface area contributed by atoms with Crippen molar-refractivity contribution in [2.24, 2.45) is 0 Å². The monoisotopic (exact) mass is 486 g/mol. The maximum atomic E-state index is 14.1. The summed E-state index contributed by atoms with van der Waals surface area (Å²) in [5, 5.41) is 2.56. The molecule has 29 heavy (non-hydrogen) atoms. The number of hydrogen-bond donors (Lipinski definition) is 1. The fourth-order valence-corrected chi connectivity index (χ4v) is 4.46. The molecule has 156 valence electrons. The van der Waals surface area contributed by atoms with Gasteiger partial charge in [0.05, 0.1) is 5.56 Å². The lowest BCUT2D eigenvalue weighted by atomic mass is 10.2. The van der Waals surface area contributed by atoms with Crippen molar-refractivity contribution in [3.63, 3.8) is 0 Å². The van der Waals surface area contributed by atoms with Crippen molar-refractivity contribution in [3.05, 3.63) is 58.3 Å². The van der Waals surface area contributed by atoms with Gasteiger partial charge in [0, 0.05) is 23.2 Å².